The fourth-order valence-electron chi connectivity index (χ4n) is 5.45. The van der Waals surface area contributed by atoms with Crippen molar-refractivity contribution in [2.75, 3.05) is 20.2 Å². The molecule has 5 rings (SSSR count). The third-order valence-electron chi connectivity index (χ3n) is 7.85. The first-order valence-electron chi connectivity index (χ1n) is 11.5. The highest BCUT2D eigenvalue weighted by Gasteiger charge is 2.50. The molecular weight excluding hydrogens is 422 g/mol. The van der Waals surface area contributed by atoms with Gasteiger partial charge in [-0.1, -0.05) is 6.07 Å². The van der Waals surface area contributed by atoms with Gasteiger partial charge in [0.05, 0.1) is 16.7 Å². The van der Waals surface area contributed by atoms with Gasteiger partial charge in [0.25, 0.3) is 0 Å². The zero-order valence-corrected chi connectivity index (χ0v) is 19.3. The van der Waals surface area contributed by atoms with Gasteiger partial charge < -0.3 is 9.64 Å². The van der Waals surface area contributed by atoms with Crippen molar-refractivity contribution in [2.45, 2.75) is 58.0 Å². The van der Waals surface area contributed by atoms with Crippen LogP contribution >= 0.6 is 0 Å². The maximum Gasteiger partial charge on any atom is 0.336 e. The molecule has 2 aromatic heterocycles. The third-order valence-corrected chi connectivity index (χ3v) is 7.85. The van der Waals surface area contributed by atoms with E-state index in [1.807, 2.05) is 17.2 Å². The van der Waals surface area contributed by atoms with E-state index in [0.29, 0.717) is 24.0 Å². The molecule has 3 aliphatic rings. The van der Waals surface area contributed by atoms with Crippen LogP contribution in [0.5, 0.6) is 0 Å². The number of carbonyl (C=O) groups excluding carboxylic acids is 2. The molecule has 1 spiro atoms. The fraction of sp³-hybridized carbons (Fsp3) is 0.565. The molecule has 1 saturated carbocycles. The molecule has 1 saturated heterocycles. The molecule has 0 aromatic carbocycles. The summed E-state index contributed by atoms with van der Waals surface area (Å²) >= 11 is 0. The molecule has 4 heterocycles. The number of tetrazole rings is 1. The van der Waals surface area contributed by atoms with Crippen LogP contribution < -0.4 is 0 Å². The Balaban J connectivity index is 1.22. The molecule has 0 N–H and O–H groups in total. The molecule has 2 aromatic rings. The molecule has 0 unspecified atom stereocenters. The van der Waals surface area contributed by atoms with Crippen molar-refractivity contribution in [2.24, 2.45) is 5.41 Å². The van der Waals surface area contributed by atoms with E-state index in [-0.39, 0.29) is 29.9 Å². The number of aromatic nitrogens is 5. The van der Waals surface area contributed by atoms with Crippen molar-refractivity contribution < 1.29 is 14.3 Å². The smallest absolute Gasteiger partial charge is 0.336 e. The van der Waals surface area contributed by atoms with Crippen LogP contribution in [0.4, 0.5) is 0 Å². The molecule has 174 valence electrons. The highest BCUT2D eigenvalue weighted by atomic mass is 16.5. The minimum atomic E-state index is -0.307. The molecule has 0 radical (unpaired) electrons. The van der Waals surface area contributed by atoms with Gasteiger partial charge in [-0.2, -0.15) is 4.68 Å². The summed E-state index contributed by atoms with van der Waals surface area (Å²) in [6, 6.07) is 4.59. The van der Waals surface area contributed by atoms with Gasteiger partial charge in [-0.25, -0.2) is 9.78 Å². The van der Waals surface area contributed by atoms with E-state index in [0.717, 1.165) is 43.4 Å². The van der Waals surface area contributed by atoms with Crippen molar-refractivity contribution in [3.8, 4) is 5.82 Å². The molecule has 0 bridgehead atoms. The third kappa shape index (κ3) is 3.72. The number of rotatable bonds is 5. The Kier molecular flexibility index (Phi) is 5.48. The first-order valence-corrected chi connectivity index (χ1v) is 11.5. The largest absolute Gasteiger partial charge is 0.456 e. The molecule has 1 aliphatic carbocycles. The molecule has 10 nitrogen and oxygen atoms in total. The van der Waals surface area contributed by atoms with Crippen LogP contribution in [0.3, 0.4) is 0 Å². The highest BCUT2D eigenvalue weighted by Crippen LogP contribution is 2.47. The maximum atomic E-state index is 13.4. The Hall–Kier alpha value is -3.14. The average Bonchev–Trinajstić information content (AvgIpc) is 3.56. The van der Waals surface area contributed by atoms with Gasteiger partial charge in [-0.05, 0) is 75.1 Å². The first-order chi connectivity index (χ1) is 15.9. The zero-order chi connectivity index (χ0) is 23.2. The number of esters is 1. The second-order valence-corrected chi connectivity index (χ2v) is 9.41. The standard InChI is InChI=1S/C23H29N7O3/c1-15-19(13-33-21(15)31)29-11-10-23(22(29)32)8-6-18(7-9-23)28(3)16(2)17-4-5-20(24-12-17)30-14-25-26-27-30/h4-5,12,14,16,18H,6-11,13H2,1-3H3/t16-,18?,23?/m1/s1. The fourth-order valence-corrected chi connectivity index (χ4v) is 5.45. The van der Waals surface area contributed by atoms with E-state index >= 15 is 0 Å². The van der Waals surface area contributed by atoms with Gasteiger partial charge >= 0.3 is 5.97 Å². The monoisotopic (exact) mass is 451 g/mol. The van der Waals surface area contributed by atoms with Gasteiger partial charge in [0, 0.05) is 24.8 Å². The number of likely N-dealkylation sites (tertiary alicyclic amines) is 1. The normalized spacial score (nSPS) is 26.5. The minimum absolute atomic E-state index is 0.173. The molecule has 1 amide bonds. The number of nitrogens with zero attached hydrogens (tertiary/aromatic N) is 7. The predicted octanol–water partition coefficient (Wildman–Crippen LogP) is 2.04. The van der Waals surface area contributed by atoms with Gasteiger partial charge in [-0.15, -0.1) is 5.10 Å². The van der Waals surface area contributed by atoms with Crippen molar-refractivity contribution >= 4 is 11.9 Å². The lowest BCUT2D eigenvalue weighted by Crippen LogP contribution is -2.43. The van der Waals surface area contributed by atoms with Crippen LogP contribution in [0.15, 0.2) is 35.9 Å². The topological polar surface area (TPSA) is 106 Å². The summed E-state index contributed by atoms with van der Waals surface area (Å²) in [4.78, 5) is 33.8. The van der Waals surface area contributed by atoms with Crippen molar-refractivity contribution in [3.05, 3.63) is 41.5 Å². The minimum Gasteiger partial charge on any atom is -0.456 e. The van der Waals surface area contributed by atoms with Gasteiger partial charge in [-0.3, -0.25) is 9.69 Å². The van der Waals surface area contributed by atoms with Crippen LogP contribution in [0, 0.1) is 5.41 Å². The Labute approximate surface area is 192 Å². The maximum absolute atomic E-state index is 13.4. The van der Waals surface area contributed by atoms with Gasteiger partial charge in [0.1, 0.15) is 12.9 Å². The summed E-state index contributed by atoms with van der Waals surface area (Å²) in [7, 11) is 2.15. The number of hydrogen-bond acceptors (Lipinski definition) is 8. The molecule has 2 aliphatic heterocycles. The SMILES string of the molecule is CC1=C(N2CCC3(CCC(N(C)[C@H](C)c4ccc(-n5cnnn5)nc4)CC3)C2=O)COC1=O. The molecule has 10 heteroatoms. The molecular formula is C23H29N7O3. The van der Waals surface area contributed by atoms with Crippen LogP contribution in [0.2, 0.25) is 0 Å². The summed E-state index contributed by atoms with van der Waals surface area (Å²) in [6.07, 6.45) is 7.96. The lowest BCUT2D eigenvalue weighted by molar-refractivity contribution is -0.138. The lowest BCUT2D eigenvalue weighted by atomic mass is 9.71. The summed E-state index contributed by atoms with van der Waals surface area (Å²) < 4.78 is 6.66. The summed E-state index contributed by atoms with van der Waals surface area (Å²) in [5.41, 5.74) is 2.16. The number of amides is 1. The van der Waals surface area contributed by atoms with Gasteiger partial charge in [0.15, 0.2) is 5.82 Å². The van der Waals surface area contributed by atoms with Gasteiger partial charge in [0.2, 0.25) is 5.91 Å². The number of hydrogen-bond donors (Lipinski definition) is 0. The Bertz CT molecular complexity index is 1070. The van der Waals surface area contributed by atoms with E-state index in [1.54, 1.807) is 6.92 Å². The number of carbonyl (C=O) groups is 2. The lowest BCUT2D eigenvalue weighted by Gasteiger charge is -2.41. The highest BCUT2D eigenvalue weighted by molar-refractivity contribution is 5.94. The zero-order valence-electron chi connectivity index (χ0n) is 19.3. The second kappa shape index (κ2) is 8.33. The summed E-state index contributed by atoms with van der Waals surface area (Å²) in [6.45, 7) is 4.83. The molecule has 1 atom stereocenters. The van der Waals surface area contributed by atoms with Crippen molar-refractivity contribution in [3.63, 3.8) is 0 Å². The van der Waals surface area contributed by atoms with Crippen LogP contribution in [0.25, 0.3) is 5.82 Å². The van der Waals surface area contributed by atoms with E-state index in [1.165, 1.54) is 11.0 Å². The van der Waals surface area contributed by atoms with Crippen LogP contribution in [-0.2, 0) is 14.3 Å². The van der Waals surface area contributed by atoms with Crippen LogP contribution in [-0.4, -0.2) is 73.1 Å². The van der Waals surface area contributed by atoms with Crippen LogP contribution in [0.1, 0.15) is 57.6 Å². The van der Waals surface area contributed by atoms with E-state index in [4.69, 9.17) is 4.74 Å². The van der Waals surface area contributed by atoms with Crippen molar-refractivity contribution in [1.82, 2.24) is 35.0 Å². The number of pyridine rings is 1. The Morgan fingerprint density at radius 1 is 1.21 bits per heavy atom. The number of ether oxygens (including phenoxy) is 1. The summed E-state index contributed by atoms with van der Waals surface area (Å²) in [5, 5.41) is 11.2. The first kappa shape index (κ1) is 21.7. The quantitative estimate of drug-likeness (QED) is 0.636. The molecule has 33 heavy (non-hydrogen) atoms. The van der Waals surface area contributed by atoms with E-state index < -0.39 is 0 Å². The van der Waals surface area contributed by atoms with E-state index in [2.05, 4.69) is 45.4 Å². The number of cyclic esters (lactones) is 1. The predicted molar refractivity (Wildman–Crippen MR) is 118 cm³/mol. The average molecular weight is 452 g/mol. The Morgan fingerprint density at radius 2 is 2.00 bits per heavy atom. The van der Waals surface area contributed by atoms with E-state index in [9.17, 15) is 9.59 Å². The Morgan fingerprint density at radius 3 is 2.61 bits per heavy atom. The summed E-state index contributed by atoms with van der Waals surface area (Å²) in [5.74, 6) is 0.549. The van der Waals surface area contributed by atoms with Crippen molar-refractivity contribution in [1.29, 1.82) is 0 Å². The molecule has 2 fully saturated rings. The second-order valence-electron chi connectivity index (χ2n) is 9.41.